The predicted octanol–water partition coefficient (Wildman–Crippen LogP) is 0.454. The Bertz CT molecular complexity index is 678. The standard InChI is InChI=1S/C13H24BN3O4S/c1-9-10(2)15-17(22(18,19)16(7)8)11(9)14-20-12(3,4)13(5,6)21-14/h1-8H3. The fraction of sp³-hybridized carbons (Fsp3) is 0.769. The first-order valence-electron chi connectivity index (χ1n) is 7.16. The molecule has 0 aliphatic carbocycles. The van der Waals surface area contributed by atoms with Gasteiger partial charge in [0.15, 0.2) is 0 Å². The first-order valence-corrected chi connectivity index (χ1v) is 8.56. The Kier molecular flexibility index (Phi) is 4.01. The number of aryl methyl sites for hydroxylation is 1. The molecular weight excluding hydrogens is 305 g/mol. The summed E-state index contributed by atoms with van der Waals surface area (Å²) < 4.78 is 39.1. The van der Waals surface area contributed by atoms with Gasteiger partial charge in [0.2, 0.25) is 0 Å². The van der Waals surface area contributed by atoms with Crippen LogP contribution in [0.1, 0.15) is 39.0 Å². The Morgan fingerprint density at radius 3 is 1.95 bits per heavy atom. The van der Waals surface area contributed by atoms with Crippen LogP contribution in [0.2, 0.25) is 0 Å². The average molecular weight is 329 g/mol. The summed E-state index contributed by atoms with van der Waals surface area (Å²) >= 11 is 0. The van der Waals surface area contributed by atoms with E-state index in [1.807, 2.05) is 34.6 Å². The highest BCUT2D eigenvalue weighted by molar-refractivity contribution is 7.87. The Balaban J connectivity index is 2.59. The molecule has 0 radical (unpaired) electrons. The van der Waals surface area contributed by atoms with Crippen LogP contribution in [-0.2, 0) is 19.5 Å². The van der Waals surface area contributed by atoms with Gasteiger partial charge in [-0.05, 0) is 47.1 Å². The van der Waals surface area contributed by atoms with Gasteiger partial charge < -0.3 is 9.31 Å². The number of aromatic nitrogens is 2. The van der Waals surface area contributed by atoms with E-state index >= 15 is 0 Å². The second-order valence-electron chi connectivity index (χ2n) is 6.82. The molecule has 0 unspecified atom stereocenters. The molecule has 1 fully saturated rings. The van der Waals surface area contributed by atoms with E-state index in [2.05, 4.69) is 5.10 Å². The van der Waals surface area contributed by atoms with Crippen molar-refractivity contribution in [2.75, 3.05) is 14.1 Å². The molecule has 1 aromatic heterocycles. The smallest absolute Gasteiger partial charge is 0.398 e. The van der Waals surface area contributed by atoms with E-state index in [1.165, 1.54) is 14.1 Å². The van der Waals surface area contributed by atoms with Gasteiger partial charge in [0.1, 0.15) is 0 Å². The largest absolute Gasteiger partial charge is 0.515 e. The quantitative estimate of drug-likeness (QED) is 0.753. The minimum Gasteiger partial charge on any atom is -0.398 e. The molecule has 1 aliphatic rings. The van der Waals surface area contributed by atoms with Crippen molar-refractivity contribution in [2.45, 2.75) is 52.7 Å². The number of hydrogen-bond donors (Lipinski definition) is 0. The third kappa shape index (κ3) is 2.49. The molecule has 124 valence electrons. The van der Waals surface area contributed by atoms with Crippen LogP contribution >= 0.6 is 0 Å². The first kappa shape index (κ1) is 17.5. The molecule has 7 nitrogen and oxygen atoms in total. The zero-order chi connectivity index (χ0) is 17.1. The molecule has 0 spiro atoms. The van der Waals surface area contributed by atoms with Gasteiger partial charge in [0, 0.05) is 14.1 Å². The van der Waals surface area contributed by atoms with Crippen LogP contribution in [0.15, 0.2) is 0 Å². The molecule has 0 saturated carbocycles. The lowest BCUT2D eigenvalue weighted by Gasteiger charge is -2.32. The lowest BCUT2D eigenvalue weighted by Crippen LogP contribution is -2.46. The molecule has 9 heteroatoms. The molecule has 0 atom stereocenters. The van der Waals surface area contributed by atoms with E-state index < -0.39 is 28.5 Å². The summed E-state index contributed by atoms with van der Waals surface area (Å²) in [4.78, 5) is 0. The Morgan fingerprint density at radius 2 is 1.55 bits per heavy atom. The van der Waals surface area contributed by atoms with E-state index in [0.29, 0.717) is 11.3 Å². The summed E-state index contributed by atoms with van der Waals surface area (Å²) in [6.07, 6.45) is 0. The summed E-state index contributed by atoms with van der Waals surface area (Å²) in [5.41, 5.74) is 0.716. The van der Waals surface area contributed by atoms with Gasteiger partial charge in [0.05, 0.1) is 22.5 Å². The van der Waals surface area contributed by atoms with Gasteiger partial charge in [-0.25, -0.2) is 0 Å². The van der Waals surface area contributed by atoms with Crippen LogP contribution in [0.3, 0.4) is 0 Å². The normalized spacial score (nSPS) is 20.9. The highest BCUT2D eigenvalue weighted by Gasteiger charge is 2.54. The van der Waals surface area contributed by atoms with Crippen LogP contribution in [0.4, 0.5) is 0 Å². The molecule has 2 rings (SSSR count). The maximum atomic E-state index is 12.5. The number of rotatable bonds is 3. The zero-order valence-electron chi connectivity index (χ0n) is 14.5. The first-order chi connectivity index (χ1) is 9.81. The predicted molar refractivity (Wildman–Crippen MR) is 85.4 cm³/mol. The minimum atomic E-state index is -3.74. The third-order valence-electron chi connectivity index (χ3n) is 4.53. The SMILES string of the molecule is Cc1nn(S(=O)(=O)N(C)C)c(B2OC(C)(C)C(C)(C)O2)c1C. The van der Waals surface area contributed by atoms with Crippen LogP contribution in [0.25, 0.3) is 0 Å². The number of nitrogens with zero attached hydrogens (tertiary/aromatic N) is 3. The van der Waals surface area contributed by atoms with Crippen molar-refractivity contribution in [2.24, 2.45) is 0 Å². The maximum Gasteiger partial charge on any atom is 0.515 e. The molecule has 1 saturated heterocycles. The monoisotopic (exact) mass is 329 g/mol. The van der Waals surface area contributed by atoms with Crippen molar-refractivity contribution in [3.63, 3.8) is 0 Å². The average Bonchev–Trinajstić information content (AvgIpc) is 2.74. The van der Waals surface area contributed by atoms with Crippen LogP contribution in [0.5, 0.6) is 0 Å². The van der Waals surface area contributed by atoms with Crippen LogP contribution in [-0.4, -0.2) is 54.3 Å². The van der Waals surface area contributed by atoms with Crippen molar-refractivity contribution >= 4 is 22.9 Å². The fourth-order valence-electron chi connectivity index (χ4n) is 2.15. The molecular formula is C13H24BN3O4S. The summed E-state index contributed by atoms with van der Waals surface area (Å²) in [7, 11) is -1.58. The van der Waals surface area contributed by atoms with Gasteiger partial charge >= 0.3 is 17.3 Å². The molecule has 1 aliphatic heterocycles. The molecule has 0 bridgehead atoms. The summed E-state index contributed by atoms with van der Waals surface area (Å²) in [6, 6.07) is 0. The highest BCUT2D eigenvalue weighted by atomic mass is 32.2. The second-order valence-corrected chi connectivity index (χ2v) is 8.79. The van der Waals surface area contributed by atoms with Crippen LogP contribution in [0, 0.1) is 13.8 Å². The van der Waals surface area contributed by atoms with Crippen molar-refractivity contribution in [1.29, 1.82) is 0 Å². The van der Waals surface area contributed by atoms with E-state index in [1.54, 1.807) is 6.92 Å². The van der Waals surface area contributed by atoms with Crippen LogP contribution < -0.4 is 5.59 Å². The lowest BCUT2D eigenvalue weighted by atomic mass is 9.82. The zero-order valence-corrected chi connectivity index (χ0v) is 15.3. The third-order valence-corrected chi connectivity index (χ3v) is 6.17. The van der Waals surface area contributed by atoms with E-state index in [9.17, 15) is 8.42 Å². The van der Waals surface area contributed by atoms with Gasteiger partial charge in [0.25, 0.3) is 0 Å². The Morgan fingerprint density at radius 1 is 1.09 bits per heavy atom. The fourth-order valence-corrected chi connectivity index (χ4v) is 3.15. The summed E-state index contributed by atoms with van der Waals surface area (Å²) in [5.74, 6) is 0. The second kappa shape index (κ2) is 5.05. The summed E-state index contributed by atoms with van der Waals surface area (Å²) in [5, 5.41) is 4.17. The molecule has 0 N–H and O–H groups in total. The lowest BCUT2D eigenvalue weighted by molar-refractivity contribution is 0.00578. The highest BCUT2D eigenvalue weighted by Crippen LogP contribution is 2.36. The Hall–Kier alpha value is -0.895. The van der Waals surface area contributed by atoms with Gasteiger partial charge in [-0.1, -0.05) is 0 Å². The molecule has 2 heterocycles. The summed E-state index contributed by atoms with van der Waals surface area (Å²) in [6.45, 7) is 11.3. The van der Waals surface area contributed by atoms with Gasteiger partial charge in [-0.3, -0.25) is 0 Å². The van der Waals surface area contributed by atoms with E-state index in [4.69, 9.17) is 9.31 Å². The van der Waals surface area contributed by atoms with Gasteiger partial charge in [-0.15, -0.1) is 0 Å². The number of hydrogen-bond acceptors (Lipinski definition) is 5. The molecule has 0 amide bonds. The van der Waals surface area contributed by atoms with Crippen molar-refractivity contribution < 1.29 is 17.7 Å². The van der Waals surface area contributed by atoms with Gasteiger partial charge in [-0.2, -0.15) is 21.9 Å². The molecule has 1 aromatic rings. The minimum absolute atomic E-state index is 0.421. The molecule has 0 aromatic carbocycles. The Labute approximate surface area is 132 Å². The van der Waals surface area contributed by atoms with E-state index in [0.717, 1.165) is 14.0 Å². The van der Waals surface area contributed by atoms with Crippen molar-refractivity contribution in [3.05, 3.63) is 11.3 Å². The topological polar surface area (TPSA) is 73.7 Å². The van der Waals surface area contributed by atoms with Crippen molar-refractivity contribution in [1.82, 2.24) is 13.5 Å². The maximum absolute atomic E-state index is 12.5. The molecule has 22 heavy (non-hydrogen) atoms. The van der Waals surface area contributed by atoms with E-state index in [-0.39, 0.29) is 0 Å². The van der Waals surface area contributed by atoms with Crippen molar-refractivity contribution in [3.8, 4) is 0 Å².